The lowest BCUT2D eigenvalue weighted by Gasteiger charge is -2.32. The number of methoxy groups -OCH3 is 1. The molecule has 6 heteroatoms. The number of nitrogens with zero attached hydrogens (tertiary/aromatic N) is 2. The number of aromatic hydroxyl groups is 1. The standard InChI is InChI=1S/C34H44N2O4/c1-4-36(23-25-7-13-30(14-8-25)40-19-17-35(2)24-32-6-5-18-39-32)34-22-31(38-3)15-16-33(34)28-10-9-27-21-29(37)12-11-26(27)20-28/h7-8,11-16,21-22,28,32,37H,4-6,9-10,17-20,23-24H2,1-3H3. The number of phenolic OH excluding ortho intramolecular Hbond substituents is 1. The minimum Gasteiger partial charge on any atom is -0.508 e. The molecule has 40 heavy (non-hydrogen) atoms. The van der Waals surface area contributed by atoms with Crippen molar-refractivity contribution in [2.75, 3.05) is 51.9 Å². The van der Waals surface area contributed by atoms with Gasteiger partial charge in [0.05, 0.1) is 13.2 Å². The number of phenols is 1. The topological polar surface area (TPSA) is 54.4 Å². The van der Waals surface area contributed by atoms with Crippen molar-refractivity contribution in [3.63, 3.8) is 0 Å². The predicted octanol–water partition coefficient (Wildman–Crippen LogP) is 6.19. The highest BCUT2D eigenvalue weighted by Crippen LogP contribution is 2.40. The van der Waals surface area contributed by atoms with Gasteiger partial charge < -0.3 is 29.1 Å². The van der Waals surface area contributed by atoms with Gasteiger partial charge in [-0.05, 0) is 105 Å². The third-order valence-electron chi connectivity index (χ3n) is 8.40. The molecule has 0 amide bonds. The fourth-order valence-corrected chi connectivity index (χ4v) is 6.10. The average Bonchev–Trinajstić information content (AvgIpc) is 3.49. The Kier molecular flexibility index (Phi) is 9.50. The molecule has 0 radical (unpaired) electrons. The lowest BCUT2D eigenvalue weighted by Crippen LogP contribution is -2.32. The fourth-order valence-electron chi connectivity index (χ4n) is 6.10. The Bertz CT molecular complexity index is 1240. The summed E-state index contributed by atoms with van der Waals surface area (Å²) in [6.45, 7) is 7.35. The maximum atomic E-state index is 9.91. The Morgan fingerprint density at radius 1 is 0.975 bits per heavy atom. The van der Waals surface area contributed by atoms with Gasteiger partial charge in [0, 0.05) is 44.5 Å². The summed E-state index contributed by atoms with van der Waals surface area (Å²) in [6, 6.07) is 20.9. The van der Waals surface area contributed by atoms with E-state index in [2.05, 4.69) is 72.3 Å². The van der Waals surface area contributed by atoms with E-state index in [4.69, 9.17) is 14.2 Å². The summed E-state index contributed by atoms with van der Waals surface area (Å²) in [5.74, 6) is 2.58. The summed E-state index contributed by atoms with van der Waals surface area (Å²) < 4.78 is 17.4. The molecule has 1 heterocycles. The van der Waals surface area contributed by atoms with E-state index in [0.717, 1.165) is 63.5 Å². The van der Waals surface area contributed by atoms with Gasteiger partial charge in [-0.3, -0.25) is 0 Å². The van der Waals surface area contributed by atoms with E-state index in [1.54, 1.807) is 7.11 Å². The molecule has 0 aromatic heterocycles. The highest BCUT2D eigenvalue weighted by Gasteiger charge is 2.25. The van der Waals surface area contributed by atoms with E-state index in [0.29, 0.717) is 24.4 Å². The van der Waals surface area contributed by atoms with Crippen LogP contribution in [0, 0.1) is 0 Å². The van der Waals surface area contributed by atoms with Crippen molar-refractivity contribution >= 4 is 5.69 Å². The van der Waals surface area contributed by atoms with Gasteiger partial charge in [0.25, 0.3) is 0 Å². The molecule has 2 unspecified atom stereocenters. The van der Waals surface area contributed by atoms with E-state index in [1.165, 1.54) is 40.8 Å². The minimum atomic E-state index is 0.359. The smallest absolute Gasteiger partial charge is 0.120 e. The molecule has 1 fully saturated rings. The zero-order chi connectivity index (χ0) is 27.9. The van der Waals surface area contributed by atoms with Crippen LogP contribution in [-0.4, -0.2) is 63.1 Å². The van der Waals surface area contributed by atoms with Crippen LogP contribution < -0.4 is 14.4 Å². The number of hydrogen-bond donors (Lipinski definition) is 1. The summed E-state index contributed by atoms with van der Waals surface area (Å²) in [4.78, 5) is 4.74. The molecule has 0 bridgehead atoms. The van der Waals surface area contributed by atoms with Crippen LogP contribution in [0.1, 0.15) is 54.4 Å². The number of ether oxygens (including phenoxy) is 3. The van der Waals surface area contributed by atoms with Crippen molar-refractivity contribution in [3.8, 4) is 17.2 Å². The Labute approximate surface area is 239 Å². The molecule has 0 saturated carbocycles. The van der Waals surface area contributed by atoms with Crippen molar-refractivity contribution in [2.24, 2.45) is 0 Å². The zero-order valence-electron chi connectivity index (χ0n) is 24.3. The Hall–Kier alpha value is -3.22. The first kappa shape index (κ1) is 28.3. The van der Waals surface area contributed by atoms with Gasteiger partial charge in [-0.15, -0.1) is 0 Å². The predicted molar refractivity (Wildman–Crippen MR) is 161 cm³/mol. The van der Waals surface area contributed by atoms with Gasteiger partial charge in [0.1, 0.15) is 23.9 Å². The van der Waals surface area contributed by atoms with Crippen LogP contribution in [0.5, 0.6) is 17.2 Å². The molecule has 1 aliphatic heterocycles. The van der Waals surface area contributed by atoms with Crippen LogP contribution >= 0.6 is 0 Å². The molecule has 214 valence electrons. The van der Waals surface area contributed by atoms with E-state index < -0.39 is 0 Å². The van der Waals surface area contributed by atoms with Crippen molar-refractivity contribution in [3.05, 3.63) is 82.9 Å². The van der Waals surface area contributed by atoms with Gasteiger partial charge >= 0.3 is 0 Å². The van der Waals surface area contributed by atoms with Gasteiger partial charge in [-0.25, -0.2) is 0 Å². The van der Waals surface area contributed by atoms with E-state index >= 15 is 0 Å². The maximum absolute atomic E-state index is 9.91. The van der Waals surface area contributed by atoms with Gasteiger partial charge in [0.2, 0.25) is 0 Å². The number of fused-ring (bicyclic) bond motifs is 1. The molecule has 2 aliphatic rings. The monoisotopic (exact) mass is 544 g/mol. The Morgan fingerprint density at radius 2 is 1.80 bits per heavy atom. The summed E-state index contributed by atoms with van der Waals surface area (Å²) in [6.07, 6.45) is 5.76. The maximum Gasteiger partial charge on any atom is 0.120 e. The molecular formula is C34H44N2O4. The second kappa shape index (κ2) is 13.4. The third-order valence-corrected chi connectivity index (χ3v) is 8.40. The van der Waals surface area contributed by atoms with Crippen LogP contribution in [0.4, 0.5) is 5.69 Å². The molecule has 1 aliphatic carbocycles. The molecule has 5 rings (SSSR count). The van der Waals surface area contributed by atoms with Crippen LogP contribution in [0.25, 0.3) is 0 Å². The average molecular weight is 545 g/mol. The van der Waals surface area contributed by atoms with E-state index in [-0.39, 0.29) is 0 Å². The molecule has 2 atom stereocenters. The molecule has 3 aromatic rings. The van der Waals surface area contributed by atoms with Gasteiger partial charge in [-0.1, -0.05) is 24.3 Å². The van der Waals surface area contributed by atoms with E-state index in [1.807, 2.05) is 12.1 Å². The number of likely N-dealkylation sites (N-methyl/N-ethyl adjacent to an activating group) is 1. The van der Waals surface area contributed by atoms with Crippen molar-refractivity contribution in [1.29, 1.82) is 0 Å². The van der Waals surface area contributed by atoms with Crippen LogP contribution in [0.15, 0.2) is 60.7 Å². The second-order valence-electron chi connectivity index (χ2n) is 11.2. The normalized spacial score (nSPS) is 18.5. The first-order valence-corrected chi connectivity index (χ1v) is 14.8. The molecular weight excluding hydrogens is 500 g/mol. The molecule has 1 saturated heterocycles. The van der Waals surface area contributed by atoms with Gasteiger partial charge in [-0.2, -0.15) is 0 Å². The van der Waals surface area contributed by atoms with Crippen molar-refractivity contribution in [2.45, 2.75) is 57.6 Å². The highest BCUT2D eigenvalue weighted by atomic mass is 16.5. The largest absolute Gasteiger partial charge is 0.508 e. The Morgan fingerprint density at radius 3 is 2.55 bits per heavy atom. The van der Waals surface area contributed by atoms with Crippen LogP contribution in [-0.2, 0) is 24.1 Å². The number of anilines is 1. The molecule has 6 nitrogen and oxygen atoms in total. The Balaban J connectivity index is 1.23. The van der Waals surface area contributed by atoms with E-state index in [9.17, 15) is 5.11 Å². The van der Waals surface area contributed by atoms with Gasteiger partial charge in [0.15, 0.2) is 0 Å². The summed E-state index contributed by atoms with van der Waals surface area (Å²) in [5, 5.41) is 9.91. The fraction of sp³-hybridized carbons (Fsp3) is 0.471. The highest BCUT2D eigenvalue weighted by molar-refractivity contribution is 5.60. The van der Waals surface area contributed by atoms with Crippen molar-refractivity contribution in [1.82, 2.24) is 4.90 Å². The summed E-state index contributed by atoms with van der Waals surface area (Å²) in [5.41, 5.74) is 6.48. The first-order chi connectivity index (χ1) is 19.5. The molecule has 0 spiro atoms. The number of benzene rings is 3. The third kappa shape index (κ3) is 7.10. The quantitative estimate of drug-likeness (QED) is 0.294. The van der Waals surface area contributed by atoms with Crippen LogP contribution in [0.3, 0.4) is 0 Å². The number of hydrogen-bond acceptors (Lipinski definition) is 6. The minimum absolute atomic E-state index is 0.359. The number of rotatable bonds is 12. The van der Waals surface area contributed by atoms with Crippen molar-refractivity contribution < 1.29 is 19.3 Å². The lowest BCUT2D eigenvalue weighted by atomic mass is 9.79. The number of aryl methyl sites for hydroxylation is 1. The summed E-state index contributed by atoms with van der Waals surface area (Å²) in [7, 11) is 3.87. The molecule has 3 aromatic carbocycles. The second-order valence-corrected chi connectivity index (χ2v) is 11.2. The van der Waals surface area contributed by atoms with Crippen LogP contribution in [0.2, 0.25) is 0 Å². The first-order valence-electron chi connectivity index (χ1n) is 14.8. The lowest BCUT2D eigenvalue weighted by molar-refractivity contribution is 0.0771. The molecule has 1 N–H and O–H groups in total. The SMILES string of the molecule is CCN(Cc1ccc(OCCN(C)CC2CCCO2)cc1)c1cc(OC)ccc1C1CCc2cc(O)ccc2C1. The zero-order valence-corrected chi connectivity index (χ0v) is 24.3. The summed E-state index contributed by atoms with van der Waals surface area (Å²) >= 11 is 0.